The van der Waals surface area contributed by atoms with Crippen molar-refractivity contribution in [2.75, 3.05) is 7.05 Å². The predicted molar refractivity (Wildman–Crippen MR) is 59.8 cm³/mol. The van der Waals surface area contributed by atoms with Gasteiger partial charge in [0, 0.05) is 24.8 Å². The average Bonchev–Trinajstić information content (AvgIpc) is 2.63. The molecule has 0 bridgehead atoms. The van der Waals surface area contributed by atoms with Gasteiger partial charge in [-0.3, -0.25) is 4.79 Å². The van der Waals surface area contributed by atoms with Gasteiger partial charge in [0.1, 0.15) is 5.69 Å². The standard InChI is InChI=1S/C9H9N3O.BrH/c1-10-9(13)7-3-2-6-4-11-5-8(6)12-7;/h2-5,11H,1H3,(H,10,13);1H. The summed E-state index contributed by atoms with van der Waals surface area (Å²) in [7, 11) is 1.59. The molecular weight excluding hydrogens is 246 g/mol. The van der Waals surface area contributed by atoms with E-state index in [4.69, 9.17) is 0 Å². The number of fused-ring (bicyclic) bond motifs is 1. The van der Waals surface area contributed by atoms with E-state index in [1.165, 1.54) is 0 Å². The lowest BCUT2D eigenvalue weighted by Crippen LogP contribution is -2.18. The predicted octanol–water partition coefficient (Wildman–Crippen LogP) is 1.50. The van der Waals surface area contributed by atoms with E-state index in [0.717, 1.165) is 10.9 Å². The third-order valence-electron chi connectivity index (χ3n) is 1.88. The van der Waals surface area contributed by atoms with Gasteiger partial charge >= 0.3 is 0 Å². The third-order valence-corrected chi connectivity index (χ3v) is 1.88. The molecular formula is C9H10BrN3O. The number of hydrogen-bond acceptors (Lipinski definition) is 2. The summed E-state index contributed by atoms with van der Waals surface area (Å²) in [4.78, 5) is 18.3. The topological polar surface area (TPSA) is 57.8 Å². The number of pyridine rings is 1. The molecule has 0 atom stereocenters. The number of carbonyl (C=O) groups excluding carboxylic acids is 1. The van der Waals surface area contributed by atoms with Crippen LogP contribution in [0.4, 0.5) is 0 Å². The summed E-state index contributed by atoms with van der Waals surface area (Å²) in [5.41, 5.74) is 1.25. The van der Waals surface area contributed by atoms with E-state index >= 15 is 0 Å². The summed E-state index contributed by atoms with van der Waals surface area (Å²) in [5, 5.41) is 3.53. The molecule has 0 unspecified atom stereocenters. The van der Waals surface area contributed by atoms with Crippen LogP contribution in [0.5, 0.6) is 0 Å². The van der Waals surface area contributed by atoms with Gasteiger partial charge < -0.3 is 10.3 Å². The minimum atomic E-state index is -0.164. The molecule has 4 nitrogen and oxygen atoms in total. The van der Waals surface area contributed by atoms with Crippen molar-refractivity contribution in [3.05, 3.63) is 30.2 Å². The molecule has 0 radical (unpaired) electrons. The Kier molecular flexibility index (Phi) is 3.24. The quantitative estimate of drug-likeness (QED) is 0.812. The summed E-state index contributed by atoms with van der Waals surface area (Å²) >= 11 is 0. The summed E-state index contributed by atoms with van der Waals surface area (Å²) < 4.78 is 0. The second-order valence-electron chi connectivity index (χ2n) is 2.71. The number of nitrogens with zero attached hydrogens (tertiary/aromatic N) is 1. The Morgan fingerprint density at radius 1 is 1.43 bits per heavy atom. The van der Waals surface area contributed by atoms with Crippen LogP contribution in [0.1, 0.15) is 10.5 Å². The molecule has 0 aliphatic carbocycles. The highest BCUT2D eigenvalue weighted by atomic mass is 79.9. The van der Waals surface area contributed by atoms with Crippen LogP contribution < -0.4 is 5.32 Å². The van der Waals surface area contributed by atoms with Gasteiger partial charge in [-0.25, -0.2) is 4.98 Å². The molecule has 2 heterocycles. The van der Waals surface area contributed by atoms with Gasteiger partial charge in [-0.1, -0.05) is 0 Å². The van der Waals surface area contributed by atoms with Crippen molar-refractivity contribution in [1.29, 1.82) is 0 Å². The lowest BCUT2D eigenvalue weighted by Gasteiger charge is -1.97. The van der Waals surface area contributed by atoms with Gasteiger partial charge in [-0.15, -0.1) is 17.0 Å². The van der Waals surface area contributed by atoms with Crippen LogP contribution in [0.3, 0.4) is 0 Å². The third kappa shape index (κ3) is 1.77. The van der Waals surface area contributed by atoms with Gasteiger partial charge in [0.25, 0.3) is 5.91 Å². The molecule has 0 aliphatic heterocycles. The second-order valence-corrected chi connectivity index (χ2v) is 2.71. The van der Waals surface area contributed by atoms with Crippen molar-refractivity contribution in [1.82, 2.24) is 15.3 Å². The monoisotopic (exact) mass is 255 g/mol. The fraction of sp³-hybridized carbons (Fsp3) is 0.111. The fourth-order valence-electron chi connectivity index (χ4n) is 1.19. The Balaban J connectivity index is 0.000000980. The van der Waals surface area contributed by atoms with Gasteiger partial charge in [0.05, 0.1) is 5.52 Å². The van der Waals surface area contributed by atoms with Gasteiger partial charge in [0.15, 0.2) is 0 Å². The highest BCUT2D eigenvalue weighted by molar-refractivity contribution is 8.93. The SMILES string of the molecule is Br.CNC(=O)c1ccc2c[nH]cc2n1. The Morgan fingerprint density at radius 3 is 2.93 bits per heavy atom. The van der Waals surface area contributed by atoms with E-state index in [0.29, 0.717) is 5.69 Å². The first-order valence-corrected chi connectivity index (χ1v) is 3.97. The maximum absolute atomic E-state index is 11.2. The largest absolute Gasteiger partial charge is 0.365 e. The number of aromatic nitrogens is 2. The first-order chi connectivity index (χ1) is 6.31. The summed E-state index contributed by atoms with van der Waals surface area (Å²) in [5.74, 6) is -0.164. The Bertz CT molecular complexity index is 452. The maximum Gasteiger partial charge on any atom is 0.269 e. The van der Waals surface area contributed by atoms with Crippen molar-refractivity contribution >= 4 is 33.8 Å². The normalized spacial score (nSPS) is 9.50. The van der Waals surface area contributed by atoms with E-state index < -0.39 is 0 Å². The smallest absolute Gasteiger partial charge is 0.269 e. The first kappa shape index (κ1) is 10.7. The Labute approximate surface area is 91.5 Å². The molecule has 74 valence electrons. The van der Waals surface area contributed by atoms with Crippen LogP contribution in [0.25, 0.3) is 10.9 Å². The highest BCUT2D eigenvalue weighted by Gasteiger charge is 2.05. The summed E-state index contributed by atoms with van der Waals surface area (Å²) in [6, 6.07) is 3.57. The second kappa shape index (κ2) is 4.23. The number of aromatic amines is 1. The number of hydrogen-bond donors (Lipinski definition) is 2. The molecule has 2 aromatic heterocycles. The fourth-order valence-corrected chi connectivity index (χ4v) is 1.19. The Hall–Kier alpha value is -1.36. The van der Waals surface area contributed by atoms with Crippen molar-refractivity contribution in [3.63, 3.8) is 0 Å². The zero-order valence-corrected chi connectivity index (χ0v) is 9.29. The average molecular weight is 256 g/mol. The summed E-state index contributed by atoms with van der Waals surface area (Å²) in [6.07, 6.45) is 3.61. The number of rotatable bonds is 1. The molecule has 5 heteroatoms. The molecule has 1 amide bonds. The minimum absolute atomic E-state index is 0. The molecule has 0 spiro atoms. The van der Waals surface area contributed by atoms with Crippen LogP contribution in [0, 0.1) is 0 Å². The van der Waals surface area contributed by atoms with Gasteiger partial charge in [-0.2, -0.15) is 0 Å². The molecule has 0 aromatic carbocycles. The molecule has 0 aliphatic rings. The molecule has 2 rings (SSSR count). The van der Waals surface area contributed by atoms with E-state index in [9.17, 15) is 4.79 Å². The lowest BCUT2D eigenvalue weighted by molar-refractivity contribution is 0.0958. The van der Waals surface area contributed by atoms with Crippen molar-refractivity contribution in [3.8, 4) is 0 Å². The van der Waals surface area contributed by atoms with E-state index in [2.05, 4.69) is 15.3 Å². The lowest BCUT2D eigenvalue weighted by atomic mass is 10.3. The van der Waals surface area contributed by atoms with Crippen LogP contribution >= 0.6 is 17.0 Å². The van der Waals surface area contributed by atoms with Crippen LogP contribution in [0.2, 0.25) is 0 Å². The molecule has 2 aromatic rings. The van der Waals surface area contributed by atoms with E-state index in [1.807, 2.05) is 12.3 Å². The van der Waals surface area contributed by atoms with Crippen molar-refractivity contribution < 1.29 is 4.79 Å². The molecule has 0 fully saturated rings. The zero-order valence-electron chi connectivity index (χ0n) is 7.57. The number of amides is 1. The summed E-state index contributed by atoms with van der Waals surface area (Å²) in [6.45, 7) is 0. The number of H-pyrrole nitrogens is 1. The van der Waals surface area contributed by atoms with Gasteiger partial charge in [0.2, 0.25) is 0 Å². The van der Waals surface area contributed by atoms with Crippen molar-refractivity contribution in [2.24, 2.45) is 0 Å². The molecule has 0 saturated carbocycles. The highest BCUT2D eigenvalue weighted by Crippen LogP contribution is 2.10. The zero-order chi connectivity index (χ0) is 9.26. The van der Waals surface area contributed by atoms with E-state index in [-0.39, 0.29) is 22.9 Å². The van der Waals surface area contributed by atoms with Crippen molar-refractivity contribution in [2.45, 2.75) is 0 Å². The van der Waals surface area contributed by atoms with Crippen LogP contribution in [-0.2, 0) is 0 Å². The Morgan fingerprint density at radius 2 is 2.21 bits per heavy atom. The van der Waals surface area contributed by atoms with E-state index in [1.54, 1.807) is 19.3 Å². The minimum Gasteiger partial charge on any atom is -0.365 e. The van der Waals surface area contributed by atoms with Crippen LogP contribution in [0.15, 0.2) is 24.5 Å². The molecule has 0 saturated heterocycles. The number of carbonyl (C=O) groups is 1. The van der Waals surface area contributed by atoms with Crippen LogP contribution in [-0.4, -0.2) is 22.9 Å². The molecule has 2 N–H and O–H groups in total. The number of nitrogens with one attached hydrogen (secondary N) is 2. The maximum atomic E-state index is 11.2. The number of halogens is 1. The van der Waals surface area contributed by atoms with Gasteiger partial charge in [-0.05, 0) is 12.1 Å². The molecule has 14 heavy (non-hydrogen) atoms. The first-order valence-electron chi connectivity index (χ1n) is 3.97.